The lowest BCUT2D eigenvalue weighted by molar-refractivity contribution is -0.129. The van der Waals surface area contributed by atoms with Gasteiger partial charge in [0.05, 0.1) is 0 Å². The third-order valence-corrected chi connectivity index (χ3v) is 6.87. The molecule has 0 aliphatic rings. The van der Waals surface area contributed by atoms with Crippen molar-refractivity contribution >= 4 is 11.8 Å². The fourth-order valence-corrected chi connectivity index (χ4v) is 4.82. The molecule has 0 bridgehead atoms. The Morgan fingerprint density at radius 3 is 1.41 bits per heavy atom. The van der Waals surface area contributed by atoms with Crippen molar-refractivity contribution in [2.75, 3.05) is 0 Å². The number of hydrogen-bond acceptors (Lipinski definition) is 2. The molecule has 188 valence electrons. The summed E-state index contributed by atoms with van der Waals surface area (Å²) in [6.45, 7) is 6.47. The second kappa shape index (κ2) is 10.8. The summed E-state index contributed by atoms with van der Waals surface area (Å²) in [5, 5.41) is 3.03. The van der Waals surface area contributed by atoms with Crippen molar-refractivity contribution in [3.63, 3.8) is 0 Å². The van der Waals surface area contributed by atoms with Crippen LogP contribution in [0.4, 0.5) is 0 Å². The van der Waals surface area contributed by atoms with Gasteiger partial charge in [-0.1, -0.05) is 136 Å². The molecule has 0 saturated heterocycles. The van der Waals surface area contributed by atoms with E-state index in [9.17, 15) is 9.59 Å². The molecule has 0 fully saturated rings. The van der Waals surface area contributed by atoms with Crippen LogP contribution in [0.1, 0.15) is 48.6 Å². The second-order valence-electron chi connectivity index (χ2n) is 10.4. The van der Waals surface area contributed by atoms with Crippen LogP contribution in [0.25, 0.3) is 0 Å². The van der Waals surface area contributed by atoms with Crippen LogP contribution in [0.5, 0.6) is 0 Å². The number of carbonyl (C=O) groups excluding carboxylic acids is 2. The van der Waals surface area contributed by atoms with E-state index >= 15 is 0 Å². The molecule has 0 radical (unpaired) electrons. The average molecular weight is 491 g/mol. The van der Waals surface area contributed by atoms with E-state index in [0.29, 0.717) is 6.42 Å². The van der Waals surface area contributed by atoms with Crippen LogP contribution in [0.2, 0.25) is 0 Å². The number of carbonyl (C=O) groups is 2. The molecule has 0 heterocycles. The van der Waals surface area contributed by atoms with Crippen molar-refractivity contribution in [1.82, 2.24) is 5.32 Å². The van der Waals surface area contributed by atoms with Gasteiger partial charge in [0, 0.05) is 6.42 Å². The molecule has 4 aromatic rings. The molecule has 0 aliphatic carbocycles. The zero-order valence-electron chi connectivity index (χ0n) is 21.6. The first kappa shape index (κ1) is 25.9. The van der Waals surface area contributed by atoms with Gasteiger partial charge in [-0.3, -0.25) is 9.59 Å². The Morgan fingerprint density at radius 2 is 1.05 bits per heavy atom. The lowest BCUT2D eigenvalue weighted by Gasteiger charge is -2.35. The fraction of sp³-hybridized carbons (Fsp3) is 0.212. The van der Waals surface area contributed by atoms with Crippen LogP contribution in [-0.4, -0.2) is 17.9 Å². The number of rotatable bonds is 8. The van der Waals surface area contributed by atoms with E-state index in [2.05, 4.69) is 38.2 Å². The Morgan fingerprint density at radius 1 is 0.649 bits per heavy atom. The van der Waals surface area contributed by atoms with Crippen molar-refractivity contribution in [3.05, 3.63) is 143 Å². The van der Waals surface area contributed by atoms with Gasteiger partial charge in [0.1, 0.15) is 11.5 Å². The van der Waals surface area contributed by atoms with Crippen LogP contribution >= 0.6 is 0 Å². The van der Waals surface area contributed by atoms with Gasteiger partial charge in [-0.05, 0) is 33.2 Å². The molecule has 1 atom stereocenters. The minimum Gasteiger partial charge on any atom is -0.368 e. The summed E-state index contributed by atoms with van der Waals surface area (Å²) in [7, 11) is 0. The highest BCUT2D eigenvalue weighted by molar-refractivity contribution is 5.98. The number of benzene rings is 4. The standard InChI is InChI=1S/C33H34N2O2/c1-32(2,3)25-21-19-24(20-22-25)23-29(30(34)36)35-31(37)33(26-13-7-4-8-14-26,27-15-9-5-10-16-27)28-17-11-6-12-18-28/h4-22,29H,23H2,1-3H3,(H2,34,36)(H,35,37)/t29-/m1/s1. The Labute approximate surface area is 219 Å². The van der Waals surface area contributed by atoms with Crippen LogP contribution in [0.3, 0.4) is 0 Å². The molecule has 0 saturated carbocycles. The first-order valence-corrected chi connectivity index (χ1v) is 12.6. The van der Waals surface area contributed by atoms with Crippen LogP contribution < -0.4 is 11.1 Å². The van der Waals surface area contributed by atoms with E-state index < -0.39 is 17.4 Å². The van der Waals surface area contributed by atoms with Crippen molar-refractivity contribution in [2.45, 2.75) is 44.1 Å². The number of primary amides is 1. The van der Waals surface area contributed by atoms with Gasteiger partial charge >= 0.3 is 0 Å². The minimum atomic E-state index is -1.17. The predicted molar refractivity (Wildman–Crippen MR) is 149 cm³/mol. The third kappa shape index (κ3) is 5.49. The van der Waals surface area contributed by atoms with Crippen molar-refractivity contribution in [2.24, 2.45) is 5.73 Å². The zero-order chi connectivity index (χ0) is 26.5. The maximum atomic E-state index is 14.4. The van der Waals surface area contributed by atoms with E-state index in [4.69, 9.17) is 5.73 Å². The van der Waals surface area contributed by atoms with Crippen LogP contribution in [0, 0.1) is 0 Å². The first-order valence-electron chi connectivity index (χ1n) is 12.6. The second-order valence-corrected chi connectivity index (χ2v) is 10.4. The lowest BCUT2D eigenvalue weighted by Crippen LogP contribution is -2.54. The smallest absolute Gasteiger partial charge is 0.240 e. The van der Waals surface area contributed by atoms with Gasteiger partial charge in [-0.2, -0.15) is 0 Å². The molecule has 4 nitrogen and oxygen atoms in total. The van der Waals surface area contributed by atoms with E-state index in [0.717, 1.165) is 22.3 Å². The maximum absolute atomic E-state index is 14.4. The fourth-order valence-electron chi connectivity index (χ4n) is 4.82. The molecule has 0 unspecified atom stereocenters. The largest absolute Gasteiger partial charge is 0.368 e. The van der Waals surface area contributed by atoms with E-state index in [-0.39, 0.29) is 11.3 Å². The monoisotopic (exact) mass is 490 g/mol. The van der Waals surface area contributed by atoms with Crippen molar-refractivity contribution in [3.8, 4) is 0 Å². The molecule has 0 aromatic heterocycles. The minimum absolute atomic E-state index is 0.0243. The summed E-state index contributed by atoms with van der Waals surface area (Å²) in [4.78, 5) is 27.0. The number of nitrogens with one attached hydrogen (secondary N) is 1. The summed E-state index contributed by atoms with van der Waals surface area (Å²) in [6.07, 6.45) is 0.306. The van der Waals surface area contributed by atoms with E-state index in [1.54, 1.807) is 0 Å². The highest BCUT2D eigenvalue weighted by atomic mass is 16.2. The Kier molecular flexibility index (Phi) is 7.58. The number of nitrogens with two attached hydrogens (primary N) is 1. The quantitative estimate of drug-likeness (QED) is 0.319. The molecule has 37 heavy (non-hydrogen) atoms. The molecular weight excluding hydrogens is 456 g/mol. The molecule has 4 aromatic carbocycles. The first-order chi connectivity index (χ1) is 17.7. The molecule has 0 spiro atoms. The summed E-state index contributed by atoms with van der Waals surface area (Å²) >= 11 is 0. The average Bonchev–Trinajstić information content (AvgIpc) is 2.90. The van der Waals surface area contributed by atoms with Gasteiger partial charge in [0.2, 0.25) is 11.8 Å². The number of amides is 2. The maximum Gasteiger partial charge on any atom is 0.240 e. The molecular formula is C33H34N2O2. The van der Waals surface area contributed by atoms with Crippen LogP contribution in [0.15, 0.2) is 115 Å². The van der Waals surface area contributed by atoms with Gasteiger partial charge in [0.15, 0.2) is 0 Å². The molecule has 3 N–H and O–H groups in total. The molecule has 0 aliphatic heterocycles. The van der Waals surface area contributed by atoms with Crippen molar-refractivity contribution in [1.29, 1.82) is 0 Å². The topological polar surface area (TPSA) is 72.2 Å². The summed E-state index contributed by atoms with van der Waals surface area (Å²) in [5.41, 5.74) is 9.25. The van der Waals surface area contributed by atoms with E-state index in [1.165, 1.54) is 5.56 Å². The van der Waals surface area contributed by atoms with Gasteiger partial charge in [0.25, 0.3) is 0 Å². The third-order valence-electron chi connectivity index (χ3n) is 6.87. The van der Waals surface area contributed by atoms with Crippen LogP contribution in [-0.2, 0) is 26.8 Å². The molecule has 4 rings (SSSR count). The highest BCUT2D eigenvalue weighted by Crippen LogP contribution is 2.39. The Bertz CT molecular complexity index is 1230. The number of hydrogen-bond donors (Lipinski definition) is 2. The Balaban J connectivity index is 1.77. The Hall–Kier alpha value is -4.18. The molecule has 2 amide bonds. The lowest BCUT2D eigenvalue weighted by atomic mass is 9.68. The molecule has 4 heteroatoms. The summed E-state index contributed by atoms with van der Waals surface area (Å²) < 4.78 is 0. The summed E-state index contributed by atoms with van der Waals surface area (Å²) in [6, 6.07) is 36.3. The normalized spacial score (nSPS) is 12.5. The summed E-state index contributed by atoms with van der Waals surface area (Å²) in [5.74, 6) is -0.873. The van der Waals surface area contributed by atoms with Gasteiger partial charge in [-0.15, -0.1) is 0 Å². The van der Waals surface area contributed by atoms with Gasteiger partial charge in [-0.25, -0.2) is 0 Å². The van der Waals surface area contributed by atoms with E-state index in [1.807, 2.05) is 103 Å². The zero-order valence-corrected chi connectivity index (χ0v) is 21.6. The van der Waals surface area contributed by atoms with Gasteiger partial charge < -0.3 is 11.1 Å². The highest BCUT2D eigenvalue weighted by Gasteiger charge is 2.44. The van der Waals surface area contributed by atoms with Crippen molar-refractivity contribution < 1.29 is 9.59 Å². The predicted octanol–water partition coefficient (Wildman–Crippen LogP) is 5.53. The SMILES string of the molecule is CC(C)(C)c1ccc(C[C@@H](NC(=O)C(c2ccccc2)(c2ccccc2)c2ccccc2)C(N)=O)cc1.